The van der Waals surface area contributed by atoms with Gasteiger partial charge in [-0.2, -0.15) is 0 Å². The first-order chi connectivity index (χ1) is 14.8. The fourth-order valence-corrected chi connectivity index (χ4v) is 4.15. The molecule has 0 radical (unpaired) electrons. The molecule has 0 saturated heterocycles. The van der Waals surface area contributed by atoms with Crippen LogP contribution >= 0.6 is 11.8 Å². The van der Waals surface area contributed by atoms with Crippen LogP contribution in [0.2, 0.25) is 0 Å². The van der Waals surface area contributed by atoms with Gasteiger partial charge in [0.05, 0.1) is 18.8 Å². The Labute approximate surface area is 188 Å². The van der Waals surface area contributed by atoms with Crippen molar-refractivity contribution in [1.29, 1.82) is 0 Å². The number of benzene rings is 3. The SMILES string of the molecule is CC(C)c1ccc(Sc2ccc(-c3ccc(CCC(N)(CO)CO)cc3)c(F)c2)cc1. The first-order valence-electron chi connectivity index (χ1n) is 10.5. The van der Waals surface area contributed by atoms with Gasteiger partial charge in [-0.25, -0.2) is 4.39 Å². The summed E-state index contributed by atoms with van der Waals surface area (Å²) in [5.74, 6) is 0.238. The van der Waals surface area contributed by atoms with Gasteiger partial charge in [0.1, 0.15) is 5.82 Å². The molecule has 0 atom stereocenters. The number of halogens is 1. The van der Waals surface area contributed by atoms with Gasteiger partial charge < -0.3 is 15.9 Å². The Bertz CT molecular complexity index is 983. The third-order valence-electron chi connectivity index (χ3n) is 5.53. The summed E-state index contributed by atoms with van der Waals surface area (Å²) in [6, 6.07) is 21.4. The maximum Gasteiger partial charge on any atom is 0.132 e. The topological polar surface area (TPSA) is 66.5 Å². The zero-order valence-corrected chi connectivity index (χ0v) is 18.8. The minimum absolute atomic E-state index is 0.252. The lowest BCUT2D eigenvalue weighted by Crippen LogP contribution is -2.47. The lowest BCUT2D eigenvalue weighted by atomic mass is 9.93. The van der Waals surface area contributed by atoms with E-state index in [-0.39, 0.29) is 19.0 Å². The molecule has 0 heterocycles. The molecule has 0 aliphatic rings. The number of nitrogens with two attached hydrogens (primary N) is 1. The van der Waals surface area contributed by atoms with E-state index in [9.17, 15) is 14.6 Å². The standard InChI is InChI=1S/C26H30FNO2S/c1-18(2)20-7-9-22(10-8-20)31-23-11-12-24(25(27)15-23)21-5-3-19(4-6-21)13-14-26(28,16-29)17-30/h3-12,15,18,29-30H,13-14,16-17,28H2,1-2H3. The van der Waals surface area contributed by atoms with Gasteiger partial charge in [-0.15, -0.1) is 0 Å². The second kappa shape index (κ2) is 10.4. The predicted octanol–water partition coefficient (Wildman–Crippen LogP) is 5.38. The third-order valence-corrected chi connectivity index (χ3v) is 6.53. The van der Waals surface area contributed by atoms with Crippen LogP contribution in [0, 0.1) is 5.82 Å². The van der Waals surface area contributed by atoms with Crippen LogP contribution in [0.1, 0.15) is 37.3 Å². The molecule has 0 aromatic heterocycles. The van der Waals surface area contributed by atoms with E-state index < -0.39 is 5.54 Å². The van der Waals surface area contributed by atoms with E-state index in [0.29, 0.717) is 24.3 Å². The van der Waals surface area contributed by atoms with Crippen molar-refractivity contribution in [3.8, 4) is 11.1 Å². The molecule has 3 aromatic carbocycles. The average molecular weight is 440 g/mol. The fraction of sp³-hybridized carbons (Fsp3) is 0.308. The van der Waals surface area contributed by atoms with Crippen LogP contribution in [0.25, 0.3) is 11.1 Å². The van der Waals surface area contributed by atoms with Gasteiger partial charge in [0.25, 0.3) is 0 Å². The molecular formula is C26H30FNO2S. The van der Waals surface area contributed by atoms with Crippen LogP contribution < -0.4 is 5.73 Å². The second-order valence-corrected chi connectivity index (χ2v) is 9.49. The monoisotopic (exact) mass is 439 g/mol. The minimum atomic E-state index is -0.979. The van der Waals surface area contributed by atoms with Crippen molar-refractivity contribution in [3.05, 3.63) is 83.7 Å². The molecule has 3 nitrogen and oxygen atoms in total. The molecule has 0 bridgehead atoms. The first kappa shape index (κ1) is 23.5. The maximum absolute atomic E-state index is 14.8. The highest BCUT2D eigenvalue weighted by molar-refractivity contribution is 7.99. The molecule has 0 aliphatic carbocycles. The summed E-state index contributed by atoms with van der Waals surface area (Å²) >= 11 is 1.55. The van der Waals surface area contributed by atoms with E-state index in [0.717, 1.165) is 20.9 Å². The molecule has 5 heteroatoms. The average Bonchev–Trinajstić information content (AvgIpc) is 2.78. The lowest BCUT2D eigenvalue weighted by molar-refractivity contribution is 0.115. The molecule has 0 aliphatic heterocycles. The zero-order valence-electron chi connectivity index (χ0n) is 18.0. The summed E-state index contributed by atoms with van der Waals surface area (Å²) in [6.45, 7) is 3.80. The first-order valence-corrected chi connectivity index (χ1v) is 11.3. The van der Waals surface area contributed by atoms with Crippen molar-refractivity contribution in [2.75, 3.05) is 13.2 Å². The maximum atomic E-state index is 14.8. The highest BCUT2D eigenvalue weighted by Crippen LogP contribution is 2.32. The van der Waals surface area contributed by atoms with Crippen molar-refractivity contribution >= 4 is 11.8 Å². The molecule has 0 fully saturated rings. The molecule has 0 unspecified atom stereocenters. The number of aliphatic hydroxyl groups is 2. The molecule has 0 amide bonds. The summed E-state index contributed by atoms with van der Waals surface area (Å²) in [5.41, 5.74) is 8.63. The number of hydrogen-bond donors (Lipinski definition) is 3. The smallest absolute Gasteiger partial charge is 0.132 e. The zero-order chi connectivity index (χ0) is 22.4. The molecule has 4 N–H and O–H groups in total. The molecule has 164 valence electrons. The van der Waals surface area contributed by atoms with Crippen molar-refractivity contribution in [2.24, 2.45) is 5.73 Å². The van der Waals surface area contributed by atoms with Gasteiger partial charge in [-0.05, 0) is 59.7 Å². The normalized spacial score (nSPS) is 11.8. The van der Waals surface area contributed by atoms with Gasteiger partial charge in [-0.1, -0.05) is 68.1 Å². The van der Waals surface area contributed by atoms with E-state index >= 15 is 0 Å². The van der Waals surface area contributed by atoms with Gasteiger partial charge in [-0.3, -0.25) is 0 Å². The Morgan fingerprint density at radius 2 is 1.52 bits per heavy atom. The molecule has 3 rings (SSSR count). The predicted molar refractivity (Wildman–Crippen MR) is 126 cm³/mol. The van der Waals surface area contributed by atoms with Crippen LogP contribution in [-0.4, -0.2) is 29.0 Å². The van der Waals surface area contributed by atoms with E-state index in [1.807, 2.05) is 36.4 Å². The van der Waals surface area contributed by atoms with E-state index in [4.69, 9.17) is 5.73 Å². The van der Waals surface area contributed by atoms with Crippen molar-refractivity contribution in [2.45, 2.75) is 47.9 Å². The fourth-order valence-electron chi connectivity index (χ4n) is 3.30. The minimum Gasteiger partial charge on any atom is -0.394 e. The van der Waals surface area contributed by atoms with Crippen LogP contribution in [-0.2, 0) is 6.42 Å². The number of rotatable bonds is 9. The third kappa shape index (κ3) is 6.17. The van der Waals surface area contributed by atoms with Crippen LogP contribution in [0.3, 0.4) is 0 Å². The molecule has 0 spiro atoms. The summed E-state index contributed by atoms with van der Waals surface area (Å²) in [7, 11) is 0. The number of aliphatic hydroxyl groups excluding tert-OH is 2. The second-order valence-electron chi connectivity index (χ2n) is 8.34. The highest BCUT2D eigenvalue weighted by atomic mass is 32.2. The Balaban J connectivity index is 1.68. The Kier molecular flexibility index (Phi) is 7.89. The summed E-state index contributed by atoms with van der Waals surface area (Å²) in [6.07, 6.45) is 1.10. The Hall–Kier alpha value is -2.18. The quantitative estimate of drug-likeness (QED) is 0.419. The van der Waals surface area contributed by atoms with Gasteiger partial charge in [0.15, 0.2) is 0 Å². The Morgan fingerprint density at radius 3 is 2.06 bits per heavy atom. The summed E-state index contributed by atoms with van der Waals surface area (Å²) < 4.78 is 14.8. The van der Waals surface area contributed by atoms with Crippen molar-refractivity contribution < 1.29 is 14.6 Å². The van der Waals surface area contributed by atoms with Crippen LogP contribution in [0.15, 0.2) is 76.5 Å². The summed E-state index contributed by atoms with van der Waals surface area (Å²) in [5, 5.41) is 18.6. The number of hydrogen-bond acceptors (Lipinski definition) is 4. The van der Waals surface area contributed by atoms with Gasteiger partial charge in [0, 0.05) is 15.4 Å². The molecule has 31 heavy (non-hydrogen) atoms. The van der Waals surface area contributed by atoms with Crippen LogP contribution in [0.4, 0.5) is 4.39 Å². The molecule has 0 saturated carbocycles. The molecular weight excluding hydrogens is 409 g/mol. The van der Waals surface area contributed by atoms with Crippen molar-refractivity contribution in [3.63, 3.8) is 0 Å². The summed E-state index contributed by atoms with van der Waals surface area (Å²) in [4.78, 5) is 1.95. The highest BCUT2D eigenvalue weighted by Gasteiger charge is 2.22. The van der Waals surface area contributed by atoms with Gasteiger partial charge in [0.2, 0.25) is 0 Å². The van der Waals surface area contributed by atoms with E-state index in [1.54, 1.807) is 17.8 Å². The largest absolute Gasteiger partial charge is 0.394 e. The van der Waals surface area contributed by atoms with E-state index in [1.165, 1.54) is 5.56 Å². The molecule has 3 aromatic rings. The number of aryl methyl sites for hydroxylation is 1. The Morgan fingerprint density at radius 1 is 0.903 bits per heavy atom. The van der Waals surface area contributed by atoms with Crippen molar-refractivity contribution in [1.82, 2.24) is 0 Å². The van der Waals surface area contributed by atoms with Gasteiger partial charge >= 0.3 is 0 Å². The lowest BCUT2D eigenvalue weighted by Gasteiger charge is -2.24. The van der Waals surface area contributed by atoms with E-state index in [2.05, 4.69) is 38.1 Å². The van der Waals surface area contributed by atoms with Crippen LogP contribution in [0.5, 0.6) is 0 Å².